The van der Waals surface area contributed by atoms with Crippen LogP contribution in [0.1, 0.15) is 0 Å². The predicted molar refractivity (Wildman–Crippen MR) is 178 cm³/mol. The number of benzene rings is 3. The van der Waals surface area contributed by atoms with Gasteiger partial charge in [0.1, 0.15) is 0 Å². The van der Waals surface area contributed by atoms with Crippen LogP contribution in [-0.4, -0.2) is 43.3 Å². The normalized spacial score (nSPS) is 10.8. The molecule has 8 nitrogen and oxygen atoms in total. The SMILES string of the molecule is O=C(CSc1ccccn1)Nc1ccc(-c2nc(-c3ccccc3)c3cc(NC(=O)CSc4ccccn4)ccc3n2)cc1. The van der Waals surface area contributed by atoms with Crippen molar-refractivity contribution in [3.63, 3.8) is 0 Å². The van der Waals surface area contributed by atoms with E-state index in [4.69, 9.17) is 9.97 Å². The molecular formula is C34H26N6O2S2. The van der Waals surface area contributed by atoms with Crippen molar-refractivity contribution in [3.8, 4) is 22.6 Å². The van der Waals surface area contributed by atoms with Crippen molar-refractivity contribution in [2.75, 3.05) is 22.1 Å². The summed E-state index contributed by atoms with van der Waals surface area (Å²) in [7, 11) is 0. The van der Waals surface area contributed by atoms with Gasteiger partial charge in [0.2, 0.25) is 11.8 Å². The number of anilines is 2. The zero-order valence-electron chi connectivity index (χ0n) is 23.4. The van der Waals surface area contributed by atoms with Gasteiger partial charge in [0.15, 0.2) is 5.82 Å². The molecule has 3 heterocycles. The van der Waals surface area contributed by atoms with Gasteiger partial charge in [-0.3, -0.25) is 9.59 Å². The molecule has 3 aromatic carbocycles. The second-order valence-corrected chi connectivity index (χ2v) is 11.6. The Kier molecular flexibility index (Phi) is 9.20. The number of carbonyl (C=O) groups excluding carboxylic acids is 2. The first-order valence-electron chi connectivity index (χ1n) is 13.8. The smallest absolute Gasteiger partial charge is 0.234 e. The van der Waals surface area contributed by atoms with Crippen molar-refractivity contribution in [2.24, 2.45) is 0 Å². The fourth-order valence-corrected chi connectivity index (χ4v) is 5.71. The second kappa shape index (κ2) is 13.9. The monoisotopic (exact) mass is 614 g/mol. The van der Waals surface area contributed by atoms with Crippen LogP contribution >= 0.6 is 23.5 Å². The lowest BCUT2D eigenvalue weighted by Crippen LogP contribution is -2.14. The van der Waals surface area contributed by atoms with E-state index in [0.717, 1.165) is 37.8 Å². The summed E-state index contributed by atoms with van der Waals surface area (Å²) >= 11 is 2.77. The summed E-state index contributed by atoms with van der Waals surface area (Å²) in [6.45, 7) is 0. The van der Waals surface area contributed by atoms with Crippen LogP contribution in [0.25, 0.3) is 33.5 Å². The highest BCUT2D eigenvalue weighted by atomic mass is 32.2. The first kappa shape index (κ1) is 29.0. The van der Waals surface area contributed by atoms with Crippen molar-refractivity contribution in [1.29, 1.82) is 0 Å². The van der Waals surface area contributed by atoms with Gasteiger partial charge in [-0.25, -0.2) is 19.9 Å². The third kappa shape index (κ3) is 7.47. The zero-order valence-corrected chi connectivity index (χ0v) is 25.0. The number of fused-ring (bicyclic) bond motifs is 1. The molecule has 0 aliphatic rings. The Hall–Kier alpha value is -5.06. The second-order valence-electron chi connectivity index (χ2n) is 9.58. The summed E-state index contributed by atoms with van der Waals surface area (Å²) in [6.07, 6.45) is 3.42. The number of amides is 2. The lowest BCUT2D eigenvalue weighted by atomic mass is 10.0. The molecule has 0 bridgehead atoms. The summed E-state index contributed by atoms with van der Waals surface area (Å²) in [6, 6.07) is 34.3. The van der Waals surface area contributed by atoms with Gasteiger partial charge in [-0.05, 0) is 66.7 Å². The zero-order chi connectivity index (χ0) is 30.1. The van der Waals surface area contributed by atoms with Crippen LogP contribution in [0.2, 0.25) is 0 Å². The van der Waals surface area contributed by atoms with E-state index in [1.54, 1.807) is 12.4 Å². The van der Waals surface area contributed by atoms with E-state index in [9.17, 15) is 9.59 Å². The van der Waals surface area contributed by atoms with Gasteiger partial charge in [-0.2, -0.15) is 0 Å². The predicted octanol–water partition coefficient (Wildman–Crippen LogP) is 7.22. The van der Waals surface area contributed by atoms with E-state index in [0.29, 0.717) is 17.2 Å². The van der Waals surface area contributed by atoms with E-state index >= 15 is 0 Å². The molecule has 2 amide bonds. The summed E-state index contributed by atoms with van der Waals surface area (Å²) in [5.41, 5.74) is 4.61. The Morgan fingerprint density at radius 2 is 1.18 bits per heavy atom. The Morgan fingerprint density at radius 3 is 1.80 bits per heavy atom. The van der Waals surface area contributed by atoms with E-state index in [1.165, 1.54) is 23.5 Å². The van der Waals surface area contributed by atoms with Gasteiger partial charge in [-0.1, -0.05) is 66.0 Å². The molecule has 0 spiro atoms. The standard InChI is InChI=1S/C34H26N6O2S2/c41-29(21-43-31-10-4-6-18-35-31)37-25-14-12-24(13-15-25)34-39-28-17-16-26(38-30(42)22-44-32-11-5-7-19-36-32)20-27(28)33(40-34)23-8-2-1-3-9-23/h1-20H,21-22H2,(H,37,41)(H,38,42). The van der Waals surface area contributed by atoms with Crippen LogP contribution in [-0.2, 0) is 9.59 Å². The number of rotatable bonds is 10. The minimum atomic E-state index is -0.124. The molecule has 0 aliphatic heterocycles. The van der Waals surface area contributed by atoms with Gasteiger partial charge >= 0.3 is 0 Å². The number of hydrogen-bond donors (Lipinski definition) is 2. The molecule has 0 aliphatic carbocycles. The van der Waals surface area contributed by atoms with Gasteiger partial charge < -0.3 is 10.6 Å². The highest BCUT2D eigenvalue weighted by Gasteiger charge is 2.14. The Balaban J connectivity index is 1.21. The highest BCUT2D eigenvalue weighted by molar-refractivity contribution is 8.00. The molecule has 10 heteroatoms. The maximum Gasteiger partial charge on any atom is 0.234 e. The molecule has 6 rings (SSSR count). The molecule has 2 N–H and O–H groups in total. The van der Waals surface area contributed by atoms with Crippen LogP contribution in [0.3, 0.4) is 0 Å². The van der Waals surface area contributed by atoms with Crippen LogP contribution in [0.4, 0.5) is 11.4 Å². The van der Waals surface area contributed by atoms with Crippen LogP contribution in [0, 0.1) is 0 Å². The molecule has 6 aromatic rings. The third-order valence-electron chi connectivity index (χ3n) is 6.43. The van der Waals surface area contributed by atoms with E-state index in [-0.39, 0.29) is 23.3 Å². The highest BCUT2D eigenvalue weighted by Crippen LogP contribution is 2.31. The quantitative estimate of drug-likeness (QED) is 0.156. The molecule has 0 saturated heterocycles. The van der Waals surface area contributed by atoms with E-state index in [1.807, 2.05) is 109 Å². The molecule has 0 unspecified atom stereocenters. The molecule has 0 radical (unpaired) electrons. The van der Waals surface area contributed by atoms with Crippen LogP contribution in [0.5, 0.6) is 0 Å². The molecule has 216 valence electrons. The summed E-state index contributed by atoms with van der Waals surface area (Å²) in [5.74, 6) is 0.832. The summed E-state index contributed by atoms with van der Waals surface area (Å²) in [5, 5.41) is 8.34. The lowest BCUT2D eigenvalue weighted by molar-refractivity contribution is -0.114. The van der Waals surface area contributed by atoms with E-state index in [2.05, 4.69) is 20.6 Å². The van der Waals surface area contributed by atoms with Gasteiger partial charge in [0.25, 0.3) is 0 Å². The topological polar surface area (TPSA) is 110 Å². The number of nitrogens with one attached hydrogen (secondary N) is 2. The fourth-order valence-electron chi connectivity index (χ4n) is 4.39. The molecule has 3 aromatic heterocycles. The van der Waals surface area contributed by atoms with Crippen LogP contribution < -0.4 is 10.6 Å². The molecular weight excluding hydrogens is 589 g/mol. The Morgan fingerprint density at radius 1 is 0.591 bits per heavy atom. The maximum absolute atomic E-state index is 12.7. The minimum absolute atomic E-state index is 0.111. The number of pyridine rings is 2. The van der Waals surface area contributed by atoms with Crippen molar-refractivity contribution >= 4 is 57.6 Å². The molecule has 0 saturated carbocycles. The average Bonchev–Trinajstić information content (AvgIpc) is 3.07. The van der Waals surface area contributed by atoms with Crippen molar-refractivity contribution in [1.82, 2.24) is 19.9 Å². The number of carbonyl (C=O) groups is 2. The molecule has 44 heavy (non-hydrogen) atoms. The number of hydrogen-bond acceptors (Lipinski definition) is 8. The third-order valence-corrected chi connectivity index (χ3v) is 8.32. The van der Waals surface area contributed by atoms with Gasteiger partial charge in [-0.15, -0.1) is 0 Å². The number of nitrogens with zero attached hydrogens (tertiary/aromatic N) is 4. The maximum atomic E-state index is 12.7. The number of thioether (sulfide) groups is 2. The summed E-state index contributed by atoms with van der Waals surface area (Å²) in [4.78, 5) is 43.5. The van der Waals surface area contributed by atoms with Crippen molar-refractivity contribution in [3.05, 3.63) is 122 Å². The largest absolute Gasteiger partial charge is 0.325 e. The fraction of sp³-hybridized carbons (Fsp3) is 0.0588. The first-order chi connectivity index (χ1) is 21.6. The molecule has 0 fully saturated rings. The number of aromatic nitrogens is 4. The Labute approximate surface area is 262 Å². The first-order valence-corrected chi connectivity index (χ1v) is 15.7. The van der Waals surface area contributed by atoms with Gasteiger partial charge in [0, 0.05) is 40.3 Å². The summed E-state index contributed by atoms with van der Waals surface area (Å²) < 4.78 is 0. The van der Waals surface area contributed by atoms with Crippen molar-refractivity contribution < 1.29 is 9.59 Å². The van der Waals surface area contributed by atoms with Gasteiger partial charge in [0.05, 0.1) is 32.8 Å². The lowest BCUT2D eigenvalue weighted by Gasteiger charge is -2.12. The van der Waals surface area contributed by atoms with Crippen molar-refractivity contribution in [2.45, 2.75) is 10.1 Å². The van der Waals surface area contributed by atoms with E-state index < -0.39 is 0 Å². The van der Waals surface area contributed by atoms with Crippen LogP contribution in [0.15, 0.2) is 132 Å². The Bertz CT molecular complexity index is 1890. The molecule has 0 atom stereocenters. The average molecular weight is 615 g/mol. The minimum Gasteiger partial charge on any atom is -0.325 e.